The lowest BCUT2D eigenvalue weighted by Gasteiger charge is -2.40. The SMILES string of the molecule is COc1ccc(C(=O)NCC2(OC)CCC2)c(F)c1. The monoisotopic (exact) mass is 267 g/mol. The lowest BCUT2D eigenvalue weighted by molar-refractivity contribution is -0.0679. The highest BCUT2D eigenvalue weighted by Crippen LogP contribution is 2.34. The fourth-order valence-electron chi connectivity index (χ4n) is 2.17. The van der Waals surface area contributed by atoms with Gasteiger partial charge in [-0.05, 0) is 31.4 Å². The van der Waals surface area contributed by atoms with Gasteiger partial charge >= 0.3 is 0 Å². The summed E-state index contributed by atoms with van der Waals surface area (Å²) in [5.41, 5.74) is -0.245. The molecule has 0 aromatic heterocycles. The molecule has 5 heteroatoms. The van der Waals surface area contributed by atoms with Crippen LogP contribution in [0.5, 0.6) is 5.75 Å². The molecule has 4 nitrogen and oxygen atoms in total. The van der Waals surface area contributed by atoms with E-state index < -0.39 is 11.7 Å². The largest absolute Gasteiger partial charge is 0.497 e. The zero-order valence-electron chi connectivity index (χ0n) is 11.2. The van der Waals surface area contributed by atoms with Crippen LogP contribution in [0.4, 0.5) is 4.39 Å². The number of benzene rings is 1. The highest BCUT2D eigenvalue weighted by Gasteiger charge is 2.37. The van der Waals surface area contributed by atoms with Crippen LogP contribution in [0.1, 0.15) is 29.6 Å². The number of nitrogens with one attached hydrogen (secondary N) is 1. The lowest BCUT2D eigenvalue weighted by atomic mass is 9.80. The molecule has 0 saturated heterocycles. The number of ether oxygens (including phenoxy) is 2. The Labute approximate surface area is 111 Å². The van der Waals surface area contributed by atoms with Crippen molar-refractivity contribution in [3.05, 3.63) is 29.6 Å². The number of rotatable bonds is 5. The molecule has 0 spiro atoms. The minimum atomic E-state index is -0.586. The minimum Gasteiger partial charge on any atom is -0.497 e. The Morgan fingerprint density at radius 2 is 2.16 bits per heavy atom. The molecule has 104 valence electrons. The van der Waals surface area contributed by atoms with Crippen molar-refractivity contribution < 1.29 is 18.7 Å². The van der Waals surface area contributed by atoms with Crippen LogP contribution >= 0.6 is 0 Å². The molecule has 0 atom stereocenters. The maximum atomic E-state index is 13.7. The van der Waals surface area contributed by atoms with Crippen LogP contribution in [-0.2, 0) is 4.74 Å². The second kappa shape index (κ2) is 5.57. The first-order valence-corrected chi connectivity index (χ1v) is 6.27. The quantitative estimate of drug-likeness (QED) is 0.889. The van der Waals surface area contributed by atoms with E-state index in [0.717, 1.165) is 19.3 Å². The van der Waals surface area contributed by atoms with Crippen LogP contribution < -0.4 is 10.1 Å². The molecule has 0 radical (unpaired) electrons. The van der Waals surface area contributed by atoms with Crippen LogP contribution in [0.2, 0.25) is 0 Å². The van der Waals surface area contributed by atoms with Crippen LogP contribution in [0, 0.1) is 5.82 Å². The Bertz CT molecular complexity index is 466. The zero-order chi connectivity index (χ0) is 13.9. The summed E-state index contributed by atoms with van der Waals surface area (Å²) in [6, 6.07) is 4.18. The van der Waals surface area contributed by atoms with Crippen molar-refractivity contribution >= 4 is 5.91 Å². The molecular weight excluding hydrogens is 249 g/mol. The molecule has 1 aliphatic rings. The maximum absolute atomic E-state index is 13.7. The van der Waals surface area contributed by atoms with Crippen molar-refractivity contribution in [1.29, 1.82) is 0 Å². The number of carbonyl (C=O) groups is 1. The summed E-state index contributed by atoms with van der Waals surface area (Å²) in [5.74, 6) is -0.623. The highest BCUT2D eigenvalue weighted by molar-refractivity contribution is 5.94. The van der Waals surface area contributed by atoms with Crippen LogP contribution in [0.3, 0.4) is 0 Å². The van der Waals surface area contributed by atoms with E-state index in [4.69, 9.17) is 9.47 Å². The van der Waals surface area contributed by atoms with Crippen LogP contribution in [0.15, 0.2) is 18.2 Å². The standard InChI is InChI=1S/C14H18FNO3/c1-18-10-4-5-11(12(15)8-10)13(17)16-9-14(19-2)6-3-7-14/h4-5,8H,3,6-7,9H2,1-2H3,(H,16,17). The van der Waals surface area contributed by atoms with Gasteiger partial charge in [0.1, 0.15) is 11.6 Å². The van der Waals surface area contributed by atoms with Crippen molar-refractivity contribution in [3.8, 4) is 5.75 Å². The minimum absolute atomic E-state index is 0.0198. The fraction of sp³-hybridized carbons (Fsp3) is 0.500. The molecule has 1 aromatic rings. The Balaban J connectivity index is 2.00. The highest BCUT2D eigenvalue weighted by atomic mass is 19.1. The molecule has 1 aliphatic carbocycles. The first-order valence-electron chi connectivity index (χ1n) is 6.27. The topological polar surface area (TPSA) is 47.6 Å². The zero-order valence-corrected chi connectivity index (χ0v) is 11.2. The lowest BCUT2D eigenvalue weighted by Crippen LogP contribution is -2.49. The van der Waals surface area contributed by atoms with Gasteiger partial charge < -0.3 is 14.8 Å². The summed E-state index contributed by atoms with van der Waals surface area (Å²) >= 11 is 0. The molecule has 1 aromatic carbocycles. The number of halogens is 1. The molecule has 2 rings (SSSR count). The van der Waals surface area contributed by atoms with Gasteiger partial charge in [0.05, 0.1) is 18.3 Å². The molecule has 1 saturated carbocycles. The average Bonchev–Trinajstić information content (AvgIpc) is 2.37. The molecule has 1 amide bonds. The molecule has 0 bridgehead atoms. The Morgan fingerprint density at radius 3 is 2.63 bits per heavy atom. The summed E-state index contributed by atoms with van der Waals surface area (Å²) in [4.78, 5) is 11.9. The predicted molar refractivity (Wildman–Crippen MR) is 68.9 cm³/mol. The molecular formula is C14H18FNO3. The van der Waals surface area contributed by atoms with Gasteiger partial charge in [0, 0.05) is 19.7 Å². The van der Waals surface area contributed by atoms with Gasteiger partial charge in [-0.25, -0.2) is 4.39 Å². The van der Waals surface area contributed by atoms with E-state index in [1.165, 1.54) is 19.2 Å². The van der Waals surface area contributed by atoms with E-state index >= 15 is 0 Å². The molecule has 1 N–H and O–H groups in total. The molecule has 0 unspecified atom stereocenters. The molecule has 0 aliphatic heterocycles. The van der Waals surface area contributed by atoms with Gasteiger partial charge in [-0.3, -0.25) is 4.79 Å². The van der Waals surface area contributed by atoms with Gasteiger partial charge in [0.2, 0.25) is 0 Å². The normalized spacial score (nSPS) is 16.6. The van der Waals surface area contributed by atoms with Gasteiger partial charge in [-0.1, -0.05) is 0 Å². The third-order valence-corrected chi connectivity index (χ3v) is 3.69. The van der Waals surface area contributed by atoms with Crippen molar-refractivity contribution in [2.75, 3.05) is 20.8 Å². The summed E-state index contributed by atoms with van der Waals surface area (Å²) < 4.78 is 24.0. The summed E-state index contributed by atoms with van der Waals surface area (Å²) in [7, 11) is 3.09. The summed E-state index contributed by atoms with van der Waals surface area (Å²) in [5, 5.41) is 2.73. The second-order valence-corrected chi connectivity index (χ2v) is 4.77. The smallest absolute Gasteiger partial charge is 0.254 e. The fourth-order valence-corrected chi connectivity index (χ4v) is 2.17. The van der Waals surface area contributed by atoms with E-state index in [2.05, 4.69) is 5.32 Å². The first kappa shape index (κ1) is 13.8. The third kappa shape index (κ3) is 2.87. The van der Waals surface area contributed by atoms with E-state index in [9.17, 15) is 9.18 Å². The number of hydrogen-bond acceptors (Lipinski definition) is 3. The van der Waals surface area contributed by atoms with Crippen LogP contribution in [0.25, 0.3) is 0 Å². The predicted octanol–water partition coefficient (Wildman–Crippen LogP) is 2.13. The van der Waals surface area contributed by atoms with Gasteiger partial charge in [-0.15, -0.1) is 0 Å². The van der Waals surface area contributed by atoms with E-state index in [0.29, 0.717) is 12.3 Å². The Morgan fingerprint density at radius 1 is 1.42 bits per heavy atom. The number of amides is 1. The maximum Gasteiger partial charge on any atom is 0.254 e. The Hall–Kier alpha value is -1.62. The van der Waals surface area contributed by atoms with Crippen molar-refractivity contribution in [3.63, 3.8) is 0 Å². The van der Waals surface area contributed by atoms with E-state index in [1.807, 2.05) is 0 Å². The van der Waals surface area contributed by atoms with Gasteiger partial charge in [0.15, 0.2) is 0 Å². The Kier molecular flexibility index (Phi) is 4.04. The number of methoxy groups -OCH3 is 2. The van der Waals surface area contributed by atoms with Gasteiger partial charge in [-0.2, -0.15) is 0 Å². The average molecular weight is 267 g/mol. The summed E-state index contributed by atoms with van der Waals surface area (Å²) in [6.07, 6.45) is 2.95. The second-order valence-electron chi connectivity index (χ2n) is 4.77. The van der Waals surface area contributed by atoms with Crippen molar-refractivity contribution in [2.45, 2.75) is 24.9 Å². The summed E-state index contributed by atoms with van der Waals surface area (Å²) in [6.45, 7) is 0.411. The van der Waals surface area contributed by atoms with Gasteiger partial charge in [0.25, 0.3) is 5.91 Å². The van der Waals surface area contributed by atoms with Crippen molar-refractivity contribution in [2.24, 2.45) is 0 Å². The van der Waals surface area contributed by atoms with E-state index in [1.54, 1.807) is 13.2 Å². The first-order chi connectivity index (χ1) is 9.10. The number of hydrogen-bond donors (Lipinski definition) is 1. The molecule has 0 heterocycles. The number of carbonyl (C=O) groups excluding carboxylic acids is 1. The van der Waals surface area contributed by atoms with E-state index in [-0.39, 0.29) is 11.2 Å². The molecule has 1 fully saturated rings. The van der Waals surface area contributed by atoms with Crippen molar-refractivity contribution in [1.82, 2.24) is 5.32 Å². The molecule has 19 heavy (non-hydrogen) atoms. The third-order valence-electron chi connectivity index (χ3n) is 3.69. The van der Waals surface area contributed by atoms with Crippen LogP contribution in [-0.4, -0.2) is 32.3 Å².